The third-order valence-electron chi connectivity index (χ3n) is 4.33. The minimum absolute atomic E-state index is 0.426. The van der Waals surface area contributed by atoms with Gasteiger partial charge in [-0.05, 0) is 23.8 Å². The van der Waals surface area contributed by atoms with E-state index in [2.05, 4.69) is 16.1 Å². The van der Waals surface area contributed by atoms with E-state index in [1.54, 1.807) is 13.3 Å². The van der Waals surface area contributed by atoms with Crippen molar-refractivity contribution in [1.29, 1.82) is 0 Å². The zero-order chi connectivity index (χ0) is 17.9. The average Bonchev–Trinajstić information content (AvgIpc) is 3.08. The molecule has 25 heavy (non-hydrogen) atoms. The summed E-state index contributed by atoms with van der Waals surface area (Å²) in [5.41, 5.74) is 2.22. The standard InChI is InChI=1S/C16H23N5O3S/c1-24-16-4-3-14(11-15(16)13-20-6-2-5-18-20)12-19-7-9-21(10-8-19)25(17,22)23/h2-6,11H,7-10,12-13H2,1H3,(H2,17,22,23). The molecule has 1 fully saturated rings. The van der Waals surface area contributed by atoms with Crippen LogP contribution in [0.2, 0.25) is 0 Å². The Balaban J connectivity index is 1.67. The van der Waals surface area contributed by atoms with Gasteiger partial charge in [-0.3, -0.25) is 9.58 Å². The van der Waals surface area contributed by atoms with Crippen molar-refractivity contribution in [3.8, 4) is 5.75 Å². The topological polar surface area (TPSA) is 93.7 Å². The van der Waals surface area contributed by atoms with Crippen molar-refractivity contribution < 1.29 is 13.2 Å². The summed E-state index contributed by atoms with van der Waals surface area (Å²) in [5.74, 6) is 0.832. The molecule has 1 aromatic carbocycles. The molecule has 1 aliphatic rings. The van der Waals surface area contributed by atoms with Gasteiger partial charge in [-0.1, -0.05) is 6.07 Å². The molecule has 0 saturated carbocycles. The Kier molecular flexibility index (Phi) is 5.38. The first-order valence-corrected chi connectivity index (χ1v) is 9.59. The second-order valence-corrected chi connectivity index (χ2v) is 7.62. The fraction of sp³-hybridized carbons (Fsp3) is 0.438. The van der Waals surface area contributed by atoms with Crippen LogP contribution >= 0.6 is 0 Å². The highest BCUT2D eigenvalue weighted by Gasteiger charge is 2.23. The van der Waals surface area contributed by atoms with Gasteiger partial charge in [-0.15, -0.1) is 0 Å². The summed E-state index contributed by atoms with van der Waals surface area (Å²) in [7, 11) is -1.93. The van der Waals surface area contributed by atoms with Crippen LogP contribution in [0.15, 0.2) is 36.7 Å². The lowest BCUT2D eigenvalue weighted by Crippen LogP contribution is -2.50. The number of aromatic nitrogens is 2. The lowest BCUT2D eigenvalue weighted by Gasteiger charge is -2.33. The molecular formula is C16H23N5O3S. The number of methoxy groups -OCH3 is 1. The summed E-state index contributed by atoms with van der Waals surface area (Å²) in [6, 6.07) is 8.01. The van der Waals surface area contributed by atoms with Gasteiger partial charge < -0.3 is 4.74 Å². The number of rotatable bonds is 6. The van der Waals surface area contributed by atoms with Crippen molar-refractivity contribution in [1.82, 2.24) is 19.0 Å². The van der Waals surface area contributed by atoms with Crippen LogP contribution in [0.25, 0.3) is 0 Å². The highest BCUT2D eigenvalue weighted by molar-refractivity contribution is 7.86. The van der Waals surface area contributed by atoms with Crippen molar-refractivity contribution in [3.05, 3.63) is 47.8 Å². The maximum absolute atomic E-state index is 11.4. The van der Waals surface area contributed by atoms with Crippen LogP contribution in [0.3, 0.4) is 0 Å². The predicted molar refractivity (Wildman–Crippen MR) is 94.3 cm³/mol. The van der Waals surface area contributed by atoms with Crippen molar-refractivity contribution >= 4 is 10.2 Å². The van der Waals surface area contributed by atoms with Crippen molar-refractivity contribution in [2.45, 2.75) is 13.1 Å². The molecule has 1 aromatic heterocycles. The highest BCUT2D eigenvalue weighted by Crippen LogP contribution is 2.22. The highest BCUT2D eigenvalue weighted by atomic mass is 32.2. The van der Waals surface area contributed by atoms with Crippen LogP contribution in [0, 0.1) is 0 Å². The molecule has 136 valence electrons. The summed E-state index contributed by atoms with van der Waals surface area (Å²) in [6.45, 7) is 3.58. The first-order valence-electron chi connectivity index (χ1n) is 8.09. The molecule has 2 heterocycles. The van der Waals surface area contributed by atoms with E-state index in [9.17, 15) is 8.42 Å². The number of ether oxygens (including phenoxy) is 1. The molecular weight excluding hydrogens is 342 g/mol. The summed E-state index contributed by atoms with van der Waals surface area (Å²) >= 11 is 0. The fourth-order valence-corrected chi connectivity index (χ4v) is 3.69. The first-order chi connectivity index (χ1) is 12.0. The molecule has 0 amide bonds. The van der Waals surface area contributed by atoms with Crippen molar-refractivity contribution in [3.63, 3.8) is 0 Å². The number of hydrogen-bond donors (Lipinski definition) is 1. The third-order valence-corrected chi connectivity index (χ3v) is 5.42. The predicted octanol–water partition coefficient (Wildman–Crippen LogP) is 0.261. The normalized spacial score (nSPS) is 16.9. The van der Waals surface area contributed by atoms with Crippen LogP contribution in [-0.2, 0) is 23.3 Å². The fourth-order valence-electron chi connectivity index (χ4n) is 3.02. The Morgan fingerprint density at radius 3 is 2.56 bits per heavy atom. The number of nitrogens with zero attached hydrogens (tertiary/aromatic N) is 4. The van der Waals surface area contributed by atoms with Crippen molar-refractivity contribution in [2.24, 2.45) is 5.14 Å². The van der Waals surface area contributed by atoms with Gasteiger partial charge in [0.05, 0.1) is 13.7 Å². The molecule has 0 unspecified atom stereocenters. The van der Waals surface area contributed by atoms with Gasteiger partial charge in [0.1, 0.15) is 5.75 Å². The molecule has 0 spiro atoms. The smallest absolute Gasteiger partial charge is 0.276 e. The molecule has 3 rings (SSSR count). The van der Waals surface area contributed by atoms with E-state index >= 15 is 0 Å². The zero-order valence-electron chi connectivity index (χ0n) is 14.2. The van der Waals surface area contributed by atoms with Crippen LogP contribution in [0.1, 0.15) is 11.1 Å². The number of nitrogens with two attached hydrogens (primary N) is 1. The van der Waals surface area contributed by atoms with E-state index < -0.39 is 10.2 Å². The molecule has 2 N–H and O–H groups in total. The Hall–Kier alpha value is -1.94. The minimum atomic E-state index is -3.59. The van der Waals surface area contributed by atoms with E-state index in [0.717, 1.165) is 23.4 Å². The van der Waals surface area contributed by atoms with E-state index in [1.165, 1.54) is 4.31 Å². The number of benzene rings is 1. The lowest BCUT2D eigenvalue weighted by molar-refractivity contribution is 0.181. The molecule has 1 aliphatic heterocycles. The first kappa shape index (κ1) is 17.9. The van der Waals surface area contributed by atoms with Gasteiger partial charge in [-0.25, -0.2) is 5.14 Å². The lowest BCUT2D eigenvalue weighted by atomic mass is 10.1. The van der Waals surface area contributed by atoms with Crippen LogP contribution in [0.5, 0.6) is 5.75 Å². The van der Waals surface area contributed by atoms with Crippen LogP contribution in [-0.4, -0.2) is 60.7 Å². The Bertz CT molecular complexity index is 799. The Morgan fingerprint density at radius 1 is 1.20 bits per heavy atom. The molecule has 0 aliphatic carbocycles. The van der Waals surface area contributed by atoms with Crippen molar-refractivity contribution in [2.75, 3.05) is 33.3 Å². The summed E-state index contributed by atoms with van der Waals surface area (Å²) < 4.78 is 31.4. The summed E-state index contributed by atoms with van der Waals surface area (Å²) in [4.78, 5) is 2.22. The SMILES string of the molecule is COc1ccc(CN2CCN(S(N)(=O)=O)CC2)cc1Cn1cccn1. The second kappa shape index (κ2) is 7.52. The molecule has 0 atom stereocenters. The minimum Gasteiger partial charge on any atom is -0.496 e. The van der Waals surface area contributed by atoms with E-state index in [0.29, 0.717) is 32.7 Å². The molecule has 8 nitrogen and oxygen atoms in total. The number of hydrogen-bond acceptors (Lipinski definition) is 5. The van der Waals surface area contributed by atoms with Gasteiger partial charge in [0.25, 0.3) is 10.2 Å². The van der Waals surface area contributed by atoms with E-state index in [4.69, 9.17) is 9.88 Å². The average molecular weight is 365 g/mol. The largest absolute Gasteiger partial charge is 0.496 e. The van der Waals surface area contributed by atoms with Crippen LogP contribution < -0.4 is 9.88 Å². The van der Waals surface area contributed by atoms with Gasteiger partial charge in [0.2, 0.25) is 0 Å². The van der Waals surface area contributed by atoms with Crippen LogP contribution in [0.4, 0.5) is 0 Å². The summed E-state index contributed by atoms with van der Waals surface area (Å²) in [6.07, 6.45) is 3.67. The third kappa shape index (κ3) is 4.57. The van der Waals surface area contributed by atoms with E-state index in [-0.39, 0.29) is 0 Å². The Labute approximate surface area is 148 Å². The Morgan fingerprint density at radius 2 is 1.96 bits per heavy atom. The maximum Gasteiger partial charge on any atom is 0.276 e. The number of piperazine rings is 1. The summed E-state index contributed by atoms with van der Waals surface area (Å²) in [5, 5.41) is 9.42. The second-order valence-electron chi connectivity index (χ2n) is 6.07. The zero-order valence-corrected chi connectivity index (χ0v) is 15.0. The molecule has 0 radical (unpaired) electrons. The molecule has 9 heteroatoms. The van der Waals surface area contributed by atoms with Gasteiger partial charge in [0.15, 0.2) is 0 Å². The quantitative estimate of drug-likeness (QED) is 0.793. The monoisotopic (exact) mass is 365 g/mol. The molecule has 0 bridgehead atoms. The van der Waals surface area contributed by atoms with Gasteiger partial charge >= 0.3 is 0 Å². The molecule has 1 saturated heterocycles. The molecule has 2 aromatic rings. The van der Waals surface area contributed by atoms with Gasteiger partial charge in [-0.2, -0.15) is 17.8 Å². The van der Waals surface area contributed by atoms with E-state index in [1.807, 2.05) is 29.1 Å². The maximum atomic E-state index is 11.4. The van der Waals surface area contributed by atoms with Gasteiger partial charge in [0, 0.05) is 50.7 Å².